The summed E-state index contributed by atoms with van der Waals surface area (Å²) in [5, 5.41) is 0. The van der Waals surface area contributed by atoms with E-state index in [1.54, 1.807) is 6.07 Å². The summed E-state index contributed by atoms with van der Waals surface area (Å²) in [5.41, 5.74) is 7.45. The largest absolute Gasteiger partial charge is 0.378 e. The molecular weight excluding hydrogens is 454 g/mol. The van der Waals surface area contributed by atoms with Gasteiger partial charge in [0.25, 0.3) is 0 Å². The minimum Gasteiger partial charge on any atom is -0.378 e. The van der Waals surface area contributed by atoms with Crippen LogP contribution in [0.2, 0.25) is 0 Å². The maximum absolute atomic E-state index is 13.3. The van der Waals surface area contributed by atoms with E-state index in [2.05, 4.69) is 63.1 Å². The van der Waals surface area contributed by atoms with Crippen molar-refractivity contribution in [3.63, 3.8) is 0 Å². The summed E-state index contributed by atoms with van der Waals surface area (Å²) in [6.07, 6.45) is 5.30. The van der Waals surface area contributed by atoms with Crippen LogP contribution in [0.3, 0.4) is 0 Å². The van der Waals surface area contributed by atoms with Gasteiger partial charge in [-0.1, -0.05) is 42.5 Å². The second-order valence-corrected chi connectivity index (χ2v) is 11.7. The van der Waals surface area contributed by atoms with Crippen molar-refractivity contribution in [2.75, 3.05) is 32.1 Å². The Hall–Kier alpha value is -2.67. The van der Waals surface area contributed by atoms with Gasteiger partial charge in [0.05, 0.1) is 4.90 Å². The molecule has 184 valence electrons. The maximum atomic E-state index is 13.3. The van der Waals surface area contributed by atoms with E-state index in [4.69, 9.17) is 0 Å². The molecule has 1 heterocycles. The van der Waals surface area contributed by atoms with Crippen molar-refractivity contribution < 1.29 is 8.42 Å². The molecule has 1 atom stereocenters. The molecule has 6 heteroatoms. The number of benzene rings is 3. The van der Waals surface area contributed by atoms with Gasteiger partial charge in [-0.3, -0.25) is 4.90 Å². The third kappa shape index (κ3) is 5.30. The van der Waals surface area contributed by atoms with Crippen molar-refractivity contribution in [3.8, 4) is 0 Å². The molecule has 0 unspecified atom stereocenters. The first kappa shape index (κ1) is 24.0. The van der Waals surface area contributed by atoms with Crippen molar-refractivity contribution in [2.45, 2.75) is 49.6 Å². The molecule has 1 aliphatic heterocycles. The van der Waals surface area contributed by atoms with Crippen molar-refractivity contribution in [3.05, 3.63) is 94.5 Å². The van der Waals surface area contributed by atoms with Gasteiger partial charge in [0.15, 0.2) is 0 Å². The Kier molecular flexibility index (Phi) is 6.96. The van der Waals surface area contributed by atoms with E-state index in [9.17, 15) is 8.42 Å². The lowest BCUT2D eigenvalue weighted by Crippen LogP contribution is -2.40. The number of anilines is 1. The molecule has 5 rings (SSSR count). The van der Waals surface area contributed by atoms with E-state index >= 15 is 0 Å². The normalized spacial score (nSPS) is 16.9. The number of hydrogen-bond acceptors (Lipinski definition) is 4. The van der Waals surface area contributed by atoms with Gasteiger partial charge in [0, 0.05) is 45.5 Å². The quantitative estimate of drug-likeness (QED) is 0.522. The summed E-state index contributed by atoms with van der Waals surface area (Å²) in [6.45, 7) is 2.05. The third-order valence-corrected chi connectivity index (χ3v) is 8.91. The Bertz CT molecular complexity index is 1290. The topological polar surface area (TPSA) is 52.7 Å². The molecule has 0 bridgehead atoms. The van der Waals surface area contributed by atoms with E-state index in [1.807, 2.05) is 26.2 Å². The molecule has 5 nitrogen and oxygen atoms in total. The second-order valence-electron chi connectivity index (χ2n) is 9.98. The molecule has 0 radical (unpaired) electrons. The van der Waals surface area contributed by atoms with Crippen LogP contribution in [-0.4, -0.2) is 40.5 Å². The summed E-state index contributed by atoms with van der Waals surface area (Å²) in [6, 6.07) is 22.7. The zero-order chi connectivity index (χ0) is 24.4. The summed E-state index contributed by atoms with van der Waals surface area (Å²) in [4.78, 5) is 4.86. The standard InChI is InChI=1S/C29H35N3O2S/c1-31(2)27-14-11-24(12-15-27)29(32-18-17-23-8-4-6-10-26(23)21-32)20-30-35(33,34)28-16-13-22-7-3-5-9-25(22)19-28/h4,6,8,10-16,19,29-30H,3,5,7,9,17-18,20-21H2,1-2H3/t29-/m0/s1. The van der Waals surface area contributed by atoms with E-state index < -0.39 is 10.0 Å². The monoisotopic (exact) mass is 489 g/mol. The highest BCUT2D eigenvalue weighted by Gasteiger charge is 2.27. The van der Waals surface area contributed by atoms with Crippen LogP contribution in [0, 0.1) is 0 Å². The number of nitrogens with one attached hydrogen (secondary N) is 1. The number of aryl methyl sites for hydroxylation is 2. The smallest absolute Gasteiger partial charge is 0.240 e. The molecule has 2 aliphatic rings. The van der Waals surface area contributed by atoms with Gasteiger partial charge >= 0.3 is 0 Å². The summed E-state index contributed by atoms with van der Waals surface area (Å²) in [5.74, 6) is 0. The molecular formula is C29H35N3O2S. The van der Waals surface area contributed by atoms with Gasteiger partial charge in [-0.15, -0.1) is 0 Å². The molecule has 35 heavy (non-hydrogen) atoms. The average Bonchev–Trinajstić information content (AvgIpc) is 2.88. The van der Waals surface area contributed by atoms with Crippen molar-refractivity contribution >= 4 is 15.7 Å². The highest BCUT2D eigenvalue weighted by atomic mass is 32.2. The second kappa shape index (κ2) is 10.1. The Balaban J connectivity index is 1.40. The van der Waals surface area contributed by atoms with E-state index in [1.165, 1.54) is 28.7 Å². The van der Waals surface area contributed by atoms with E-state index in [-0.39, 0.29) is 6.04 Å². The molecule has 3 aromatic carbocycles. The fourth-order valence-corrected chi connectivity index (χ4v) is 6.47. The van der Waals surface area contributed by atoms with Crippen molar-refractivity contribution in [2.24, 2.45) is 0 Å². The lowest BCUT2D eigenvalue weighted by atomic mass is 9.92. The molecule has 0 fully saturated rings. The van der Waals surface area contributed by atoms with Crippen LogP contribution in [0.25, 0.3) is 0 Å². The SMILES string of the molecule is CN(C)c1ccc([C@H](CNS(=O)(=O)c2ccc3c(c2)CCCC3)N2CCc3ccccc3C2)cc1. The molecule has 0 saturated heterocycles. The van der Waals surface area contributed by atoms with E-state index in [0.717, 1.165) is 50.0 Å². The zero-order valence-corrected chi connectivity index (χ0v) is 21.5. The Morgan fingerprint density at radius 3 is 2.29 bits per heavy atom. The Morgan fingerprint density at radius 1 is 0.857 bits per heavy atom. The van der Waals surface area contributed by atoms with Gasteiger partial charge in [-0.05, 0) is 84.2 Å². The van der Waals surface area contributed by atoms with Crippen molar-refractivity contribution in [1.82, 2.24) is 9.62 Å². The first-order valence-electron chi connectivity index (χ1n) is 12.6. The summed E-state index contributed by atoms with van der Waals surface area (Å²) >= 11 is 0. The lowest BCUT2D eigenvalue weighted by Gasteiger charge is -2.36. The van der Waals surface area contributed by atoms with Crippen LogP contribution in [0.5, 0.6) is 0 Å². The van der Waals surface area contributed by atoms with Crippen LogP contribution in [0.4, 0.5) is 5.69 Å². The number of nitrogens with zero attached hydrogens (tertiary/aromatic N) is 2. The number of hydrogen-bond donors (Lipinski definition) is 1. The van der Waals surface area contributed by atoms with Crippen LogP contribution in [0.15, 0.2) is 71.6 Å². The van der Waals surface area contributed by atoms with Gasteiger partial charge in [0.1, 0.15) is 0 Å². The van der Waals surface area contributed by atoms with Gasteiger partial charge in [-0.25, -0.2) is 13.1 Å². The third-order valence-electron chi connectivity index (χ3n) is 7.49. The Morgan fingerprint density at radius 2 is 1.54 bits per heavy atom. The highest BCUT2D eigenvalue weighted by molar-refractivity contribution is 7.89. The molecule has 0 spiro atoms. The minimum absolute atomic E-state index is 0.0491. The van der Waals surface area contributed by atoms with Crippen molar-refractivity contribution in [1.29, 1.82) is 0 Å². The lowest BCUT2D eigenvalue weighted by molar-refractivity contribution is 0.180. The minimum atomic E-state index is -3.60. The predicted octanol–water partition coefficient (Wildman–Crippen LogP) is 4.71. The van der Waals surface area contributed by atoms with Gasteiger partial charge in [-0.2, -0.15) is 0 Å². The first-order chi connectivity index (χ1) is 16.9. The van der Waals surface area contributed by atoms with E-state index in [0.29, 0.717) is 11.4 Å². The predicted molar refractivity (Wildman–Crippen MR) is 142 cm³/mol. The maximum Gasteiger partial charge on any atom is 0.240 e. The highest BCUT2D eigenvalue weighted by Crippen LogP contribution is 2.30. The molecule has 0 aromatic heterocycles. The summed E-state index contributed by atoms with van der Waals surface area (Å²) < 4.78 is 29.6. The van der Waals surface area contributed by atoms with Crippen LogP contribution in [-0.2, 0) is 35.8 Å². The number of rotatable bonds is 7. The van der Waals surface area contributed by atoms with Gasteiger partial charge < -0.3 is 4.90 Å². The molecule has 1 N–H and O–H groups in total. The van der Waals surface area contributed by atoms with Crippen LogP contribution in [0.1, 0.15) is 46.7 Å². The first-order valence-corrected chi connectivity index (χ1v) is 14.1. The summed E-state index contributed by atoms with van der Waals surface area (Å²) in [7, 11) is 0.455. The molecule has 1 aliphatic carbocycles. The fraction of sp³-hybridized carbons (Fsp3) is 0.379. The average molecular weight is 490 g/mol. The van der Waals surface area contributed by atoms with Gasteiger partial charge in [0.2, 0.25) is 10.0 Å². The van der Waals surface area contributed by atoms with Crippen LogP contribution < -0.4 is 9.62 Å². The fourth-order valence-electron chi connectivity index (χ4n) is 5.38. The Labute approximate surface area is 209 Å². The zero-order valence-electron chi connectivity index (χ0n) is 20.7. The van der Waals surface area contributed by atoms with Crippen LogP contribution >= 0.6 is 0 Å². The molecule has 0 saturated carbocycles. The number of sulfonamides is 1. The number of fused-ring (bicyclic) bond motifs is 2. The molecule has 3 aromatic rings. The molecule has 0 amide bonds.